The van der Waals surface area contributed by atoms with Crippen LogP contribution >= 0.6 is 0 Å². The molecule has 7 heteroatoms. The number of carboxylic acids is 1. The first kappa shape index (κ1) is 19.4. The number of nitrogens with zero attached hydrogens (tertiary/aromatic N) is 2. The lowest BCUT2D eigenvalue weighted by molar-refractivity contribution is -0.139. The summed E-state index contributed by atoms with van der Waals surface area (Å²) in [6.45, 7) is 4.77. The summed E-state index contributed by atoms with van der Waals surface area (Å²) < 4.78 is 6.13. The fourth-order valence-electron chi connectivity index (χ4n) is 4.64. The summed E-state index contributed by atoms with van der Waals surface area (Å²) in [5.74, 6) is -0.790. The number of carbonyl (C=O) groups excluding carboxylic acids is 1. The monoisotopic (exact) mass is 367 g/mol. The van der Waals surface area contributed by atoms with Crippen molar-refractivity contribution >= 4 is 12.0 Å². The summed E-state index contributed by atoms with van der Waals surface area (Å²) in [5.41, 5.74) is -0.130. The lowest BCUT2D eigenvalue weighted by Gasteiger charge is -2.45. The molecule has 3 rings (SSSR count). The maximum Gasteiger partial charge on any atom is 0.317 e. The van der Waals surface area contributed by atoms with Gasteiger partial charge in [-0.1, -0.05) is 32.6 Å². The van der Waals surface area contributed by atoms with Crippen molar-refractivity contribution in [2.75, 3.05) is 32.8 Å². The van der Waals surface area contributed by atoms with Gasteiger partial charge in [-0.3, -0.25) is 9.69 Å². The van der Waals surface area contributed by atoms with Crippen LogP contribution in [0.2, 0.25) is 0 Å². The highest BCUT2D eigenvalue weighted by Gasteiger charge is 2.40. The average Bonchev–Trinajstić information content (AvgIpc) is 2.81. The largest absolute Gasteiger partial charge is 0.480 e. The van der Waals surface area contributed by atoms with E-state index in [-0.39, 0.29) is 30.3 Å². The molecule has 1 heterocycles. The van der Waals surface area contributed by atoms with Gasteiger partial charge in [0.25, 0.3) is 0 Å². The topological polar surface area (TPSA) is 82.1 Å². The van der Waals surface area contributed by atoms with E-state index in [2.05, 4.69) is 5.32 Å². The highest BCUT2D eigenvalue weighted by atomic mass is 16.5. The zero-order chi connectivity index (χ0) is 18.6. The van der Waals surface area contributed by atoms with Gasteiger partial charge in [0, 0.05) is 18.6 Å². The number of hydrogen-bond acceptors (Lipinski definition) is 4. The molecule has 0 aromatic rings. The van der Waals surface area contributed by atoms with Crippen LogP contribution in [-0.4, -0.2) is 77.4 Å². The zero-order valence-corrected chi connectivity index (χ0v) is 15.9. The Hall–Kier alpha value is -1.34. The summed E-state index contributed by atoms with van der Waals surface area (Å²) in [4.78, 5) is 27.5. The molecule has 1 spiro atoms. The molecule has 3 aliphatic rings. The van der Waals surface area contributed by atoms with Crippen LogP contribution in [0.5, 0.6) is 0 Å². The quantitative estimate of drug-likeness (QED) is 0.777. The number of nitrogens with one attached hydrogen (secondary N) is 1. The number of amides is 2. The Morgan fingerprint density at radius 1 is 1.23 bits per heavy atom. The highest BCUT2D eigenvalue weighted by Crippen LogP contribution is 2.33. The second kappa shape index (κ2) is 8.57. The number of hydrogen-bond donors (Lipinski definition) is 2. The molecule has 148 valence electrons. The van der Waals surface area contributed by atoms with Crippen LogP contribution in [-0.2, 0) is 9.53 Å². The van der Waals surface area contributed by atoms with Crippen LogP contribution in [0.1, 0.15) is 58.3 Å². The maximum absolute atomic E-state index is 12.7. The maximum atomic E-state index is 12.7. The Bertz CT molecular complexity index is 499. The first-order valence-electron chi connectivity index (χ1n) is 10.2. The summed E-state index contributed by atoms with van der Waals surface area (Å²) in [7, 11) is 0. The normalized spacial score (nSPS) is 28.5. The number of ether oxygens (including phenoxy) is 1. The number of rotatable bonds is 5. The molecule has 2 amide bonds. The molecule has 0 aromatic heterocycles. The van der Waals surface area contributed by atoms with Crippen LogP contribution in [0.3, 0.4) is 0 Å². The third-order valence-electron chi connectivity index (χ3n) is 6.25. The summed E-state index contributed by atoms with van der Waals surface area (Å²) in [5, 5.41) is 12.1. The van der Waals surface area contributed by atoms with Crippen molar-refractivity contribution in [1.29, 1.82) is 0 Å². The smallest absolute Gasteiger partial charge is 0.317 e. The van der Waals surface area contributed by atoms with Gasteiger partial charge in [-0.15, -0.1) is 0 Å². The molecular weight excluding hydrogens is 334 g/mol. The lowest BCUT2D eigenvalue weighted by atomic mass is 9.85. The Kier molecular flexibility index (Phi) is 6.40. The molecule has 26 heavy (non-hydrogen) atoms. The molecule has 7 nitrogen and oxygen atoms in total. The predicted octanol–water partition coefficient (Wildman–Crippen LogP) is 2.06. The second-order valence-corrected chi connectivity index (χ2v) is 8.10. The van der Waals surface area contributed by atoms with Gasteiger partial charge in [-0.25, -0.2) is 4.79 Å². The van der Waals surface area contributed by atoms with Gasteiger partial charge in [0.1, 0.15) is 0 Å². The first-order valence-corrected chi connectivity index (χ1v) is 10.2. The minimum atomic E-state index is -0.790. The molecule has 0 unspecified atom stereocenters. The molecule has 0 aromatic carbocycles. The fraction of sp³-hybridized carbons (Fsp3) is 0.895. The van der Waals surface area contributed by atoms with E-state index in [1.54, 1.807) is 0 Å². The second-order valence-electron chi connectivity index (χ2n) is 8.10. The predicted molar refractivity (Wildman–Crippen MR) is 98.2 cm³/mol. The Morgan fingerprint density at radius 3 is 2.54 bits per heavy atom. The number of morpholine rings is 1. The highest BCUT2D eigenvalue weighted by molar-refractivity contribution is 5.75. The molecular formula is C19H33N3O4. The average molecular weight is 367 g/mol. The Balaban J connectivity index is 1.46. The standard InChI is InChI=1S/C19H33N3O4/c1-2-21(13-17(23)24)16-11-15(12-16)20-18(25)22-9-10-26-19(14-22)7-5-3-4-6-8-19/h15-16H,2-14H2,1H3,(H,20,25)(H,23,24). The van der Waals surface area contributed by atoms with Crippen molar-refractivity contribution < 1.29 is 19.4 Å². The van der Waals surface area contributed by atoms with E-state index in [1.165, 1.54) is 25.7 Å². The lowest BCUT2D eigenvalue weighted by Crippen LogP contribution is -2.60. The molecule has 2 saturated carbocycles. The van der Waals surface area contributed by atoms with E-state index in [4.69, 9.17) is 9.84 Å². The third-order valence-corrected chi connectivity index (χ3v) is 6.25. The summed E-state index contributed by atoms with van der Waals surface area (Å²) >= 11 is 0. The van der Waals surface area contributed by atoms with E-state index < -0.39 is 5.97 Å². The molecule has 0 radical (unpaired) electrons. The van der Waals surface area contributed by atoms with Gasteiger partial charge >= 0.3 is 12.0 Å². The van der Waals surface area contributed by atoms with Gasteiger partial charge in [0.2, 0.25) is 0 Å². The van der Waals surface area contributed by atoms with Gasteiger partial charge in [0.15, 0.2) is 0 Å². The Labute approximate surface area is 156 Å². The molecule has 3 fully saturated rings. The molecule has 0 atom stereocenters. The van der Waals surface area contributed by atoms with E-state index >= 15 is 0 Å². The van der Waals surface area contributed by atoms with Crippen molar-refractivity contribution in [3.8, 4) is 0 Å². The van der Waals surface area contributed by atoms with Crippen LogP contribution in [0.25, 0.3) is 0 Å². The van der Waals surface area contributed by atoms with Gasteiger partial charge in [-0.05, 0) is 32.2 Å². The molecule has 2 N–H and O–H groups in total. The number of carboxylic acid groups (broad SMARTS) is 1. The van der Waals surface area contributed by atoms with E-state index in [0.717, 1.165) is 32.2 Å². The fourth-order valence-corrected chi connectivity index (χ4v) is 4.64. The third kappa shape index (κ3) is 4.68. The van der Waals surface area contributed by atoms with Crippen molar-refractivity contribution in [2.45, 2.75) is 76.0 Å². The van der Waals surface area contributed by atoms with Gasteiger partial charge in [-0.2, -0.15) is 0 Å². The van der Waals surface area contributed by atoms with Crippen LogP contribution in [0, 0.1) is 0 Å². The summed E-state index contributed by atoms with van der Waals surface area (Å²) in [6.07, 6.45) is 8.71. The van der Waals surface area contributed by atoms with Crippen molar-refractivity contribution in [3.05, 3.63) is 0 Å². The van der Waals surface area contributed by atoms with Crippen molar-refractivity contribution in [3.63, 3.8) is 0 Å². The van der Waals surface area contributed by atoms with Gasteiger partial charge < -0.3 is 20.1 Å². The van der Waals surface area contributed by atoms with E-state index in [0.29, 0.717) is 19.7 Å². The van der Waals surface area contributed by atoms with Crippen molar-refractivity contribution in [1.82, 2.24) is 15.1 Å². The van der Waals surface area contributed by atoms with Crippen LogP contribution in [0.15, 0.2) is 0 Å². The van der Waals surface area contributed by atoms with Crippen LogP contribution < -0.4 is 5.32 Å². The van der Waals surface area contributed by atoms with E-state index in [9.17, 15) is 9.59 Å². The number of urea groups is 1. The van der Waals surface area contributed by atoms with Crippen LogP contribution in [0.4, 0.5) is 4.79 Å². The minimum absolute atomic E-state index is 0.0154. The molecule has 1 saturated heterocycles. The number of likely N-dealkylation sites (N-methyl/N-ethyl adjacent to an activating group) is 1. The molecule has 0 bridgehead atoms. The molecule has 2 aliphatic carbocycles. The van der Waals surface area contributed by atoms with Crippen molar-refractivity contribution in [2.24, 2.45) is 0 Å². The number of aliphatic carboxylic acids is 1. The Morgan fingerprint density at radius 2 is 1.92 bits per heavy atom. The van der Waals surface area contributed by atoms with Gasteiger partial charge in [0.05, 0.1) is 25.3 Å². The first-order chi connectivity index (χ1) is 12.5. The van der Waals surface area contributed by atoms with E-state index in [1.807, 2.05) is 16.7 Å². The number of carbonyl (C=O) groups is 2. The zero-order valence-electron chi connectivity index (χ0n) is 15.9. The summed E-state index contributed by atoms with van der Waals surface area (Å²) in [6, 6.07) is 0.434. The minimum Gasteiger partial charge on any atom is -0.480 e. The SMILES string of the molecule is CCN(CC(=O)O)C1CC(NC(=O)N2CCOC3(CCCCCC3)C2)C1. The molecule has 1 aliphatic heterocycles.